The fraction of sp³-hybridized carbons (Fsp3) is 0. The zero-order valence-corrected chi connectivity index (χ0v) is 23.5. The summed E-state index contributed by atoms with van der Waals surface area (Å²) >= 11 is 1.80. The number of hydrogen-bond acceptors (Lipinski definition) is 5. The smallest absolute Gasteiger partial charge is 0.236 e. The molecule has 0 radical (unpaired) electrons. The first-order valence-corrected chi connectivity index (χ1v) is 15.0. The zero-order valence-electron chi connectivity index (χ0n) is 22.7. The van der Waals surface area contributed by atoms with Gasteiger partial charge in [0.2, 0.25) is 5.95 Å². The molecule has 5 heterocycles. The van der Waals surface area contributed by atoms with Crippen molar-refractivity contribution >= 4 is 86.3 Å². The van der Waals surface area contributed by atoms with E-state index in [9.17, 15) is 0 Å². The molecule has 0 unspecified atom stereocenters. The maximum Gasteiger partial charge on any atom is 0.236 e. The summed E-state index contributed by atoms with van der Waals surface area (Å²) in [4.78, 5) is 15.6. The number of pyridine rings is 1. The number of furan rings is 1. The van der Waals surface area contributed by atoms with Gasteiger partial charge in [0.25, 0.3) is 0 Å². The highest BCUT2D eigenvalue weighted by Gasteiger charge is 2.23. The van der Waals surface area contributed by atoms with Crippen LogP contribution in [0, 0.1) is 0 Å². The van der Waals surface area contributed by atoms with E-state index in [-0.39, 0.29) is 0 Å². The Bertz CT molecular complexity index is 2740. The summed E-state index contributed by atoms with van der Waals surface area (Å²) in [5.74, 6) is 0.605. The van der Waals surface area contributed by atoms with Crippen LogP contribution in [0.15, 0.2) is 126 Å². The molecule has 5 nitrogen and oxygen atoms in total. The molecule has 0 N–H and O–H groups in total. The monoisotopic (exact) mass is 568 g/mol. The maximum atomic E-state index is 6.39. The predicted octanol–water partition coefficient (Wildman–Crippen LogP) is 10.1. The molecule has 0 aliphatic carbocycles. The third-order valence-corrected chi connectivity index (χ3v) is 9.66. The molecule has 10 aromatic rings. The van der Waals surface area contributed by atoms with Gasteiger partial charge in [-0.3, -0.25) is 9.55 Å². The van der Waals surface area contributed by atoms with Crippen molar-refractivity contribution in [3.63, 3.8) is 0 Å². The van der Waals surface area contributed by atoms with Gasteiger partial charge in [-0.2, -0.15) is 0 Å². The van der Waals surface area contributed by atoms with Gasteiger partial charge in [0.05, 0.1) is 21.3 Å². The van der Waals surface area contributed by atoms with Crippen LogP contribution in [0.25, 0.3) is 92.2 Å². The fourth-order valence-electron chi connectivity index (χ4n) is 6.56. The second kappa shape index (κ2) is 8.47. The number of thiophene rings is 1. The molecule has 0 aliphatic heterocycles. The molecule has 6 heteroatoms. The minimum absolute atomic E-state index is 0.605. The number of fused-ring (bicyclic) bond motifs is 12. The van der Waals surface area contributed by atoms with Gasteiger partial charge < -0.3 is 4.42 Å². The Hall–Kier alpha value is -5.59. The fourth-order valence-corrected chi connectivity index (χ4v) is 7.76. The lowest BCUT2D eigenvalue weighted by Crippen LogP contribution is -2.03. The number of aromatic nitrogens is 4. The second-order valence-electron chi connectivity index (χ2n) is 10.8. The van der Waals surface area contributed by atoms with Gasteiger partial charge in [-0.05, 0) is 30.3 Å². The molecule has 5 aromatic carbocycles. The van der Waals surface area contributed by atoms with Crippen LogP contribution in [0.3, 0.4) is 0 Å². The van der Waals surface area contributed by atoms with Crippen molar-refractivity contribution in [1.82, 2.24) is 19.5 Å². The Labute approximate surface area is 248 Å². The largest absolute Gasteiger partial charge is 0.452 e. The third-order valence-electron chi connectivity index (χ3n) is 8.47. The van der Waals surface area contributed by atoms with E-state index >= 15 is 0 Å². The van der Waals surface area contributed by atoms with Crippen molar-refractivity contribution in [3.05, 3.63) is 121 Å². The van der Waals surface area contributed by atoms with E-state index in [1.165, 1.54) is 20.2 Å². The lowest BCUT2D eigenvalue weighted by atomic mass is 10.1. The van der Waals surface area contributed by atoms with Crippen molar-refractivity contribution in [2.75, 3.05) is 0 Å². The molecule has 0 amide bonds. The van der Waals surface area contributed by atoms with E-state index in [1.54, 1.807) is 11.3 Å². The van der Waals surface area contributed by atoms with Crippen LogP contribution in [0.5, 0.6) is 0 Å². The molecule has 43 heavy (non-hydrogen) atoms. The SMILES string of the molecule is c1ccc(-c2nc(-n3c4ccccc4c4cnc5c(ccc6c7ccccc7sc65)c43)nc3c2oc2ccccc23)cc1. The quantitative estimate of drug-likeness (QED) is 0.208. The maximum absolute atomic E-state index is 6.39. The molecule has 0 aliphatic rings. The van der Waals surface area contributed by atoms with E-state index < -0.39 is 0 Å². The van der Waals surface area contributed by atoms with Crippen molar-refractivity contribution in [1.29, 1.82) is 0 Å². The first-order valence-electron chi connectivity index (χ1n) is 14.2. The standard InChI is InChI=1S/C37H20N4OS/c1-2-10-21(11-3-1)31-35-32(25-14-5-8-16-29(25)42-35)40-37(39-31)41-28-15-7-4-12-22(28)27-20-38-33-26(34(27)41)19-18-24-23-13-6-9-17-30(23)43-36(24)33/h1-20H. The Morgan fingerprint density at radius 3 is 2.23 bits per heavy atom. The van der Waals surface area contributed by atoms with Gasteiger partial charge in [-0.1, -0.05) is 84.9 Å². The molecule has 5 aromatic heterocycles. The Morgan fingerprint density at radius 1 is 0.581 bits per heavy atom. The van der Waals surface area contributed by atoms with Crippen LogP contribution in [0.4, 0.5) is 0 Å². The number of nitrogens with zero attached hydrogens (tertiary/aromatic N) is 4. The van der Waals surface area contributed by atoms with Gasteiger partial charge in [0.15, 0.2) is 5.58 Å². The van der Waals surface area contributed by atoms with E-state index in [2.05, 4.69) is 83.4 Å². The molecule has 0 atom stereocenters. The summed E-state index contributed by atoms with van der Waals surface area (Å²) in [6.07, 6.45) is 2.02. The Morgan fingerprint density at radius 2 is 1.33 bits per heavy atom. The summed E-state index contributed by atoms with van der Waals surface area (Å²) < 4.78 is 11.1. The average molecular weight is 569 g/mol. The topological polar surface area (TPSA) is 56.7 Å². The highest BCUT2D eigenvalue weighted by molar-refractivity contribution is 7.26. The van der Waals surface area contributed by atoms with Gasteiger partial charge in [-0.15, -0.1) is 11.3 Å². The van der Waals surface area contributed by atoms with E-state index in [0.717, 1.165) is 60.5 Å². The van der Waals surface area contributed by atoms with Crippen LogP contribution in [-0.4, -0.2) is 19.5 Å². The third kappa shape index (κ3) is 3.13. The van der Waals surface area contributed by atoms with Gasteiger partial charge in [0.1, 0.15) is 16.8 Å². The number of rotatable bonds is 2. The van der Waals surface area contributed by atoms with Crippen LogP contribution < -0.4 is 0 Å². The average Bonchev–Trinajstić information content (AvgIpc) is 3.74. The summed E-state index contributed by atoms with van der Waals surface area (Å²) in [6, 6.07) is 39.8. The molecule has 10 rings (SSSR count). The van der Waals surface area contributed by atoms with Gasteiger partial charge in [0, 0.05) is 48.8 Å². The van der Waals surface area contributed by atoms with E-state index in [1.807, 2.05) is 42.6 Å². The summed E-state index contributed by atoms with van der Waals surface area (Å²) in [7, 11) is 0. The van der Waals surface area contributed by atoms with Crippen LogP contribution in [0.2, 0.25) is 0 Å². The minimum Gasteiger partial charge on any atom is -0.452 e. The number of para-hydroxylation sites is 2. The van der Waals surface area contributed by atoms with Crippen LogP contribution in [0.1, 0.15) is 0 Å². The molecule has 0 saturated carbocycles. The normalized spacial score (nSPS) is 12.2. The molecule has 0 bridgehead atoms. The zero-order chi connectivity index (χ0) is 28.1. The Balaban J connectivity index is 1.39. The number of benzene rings is 5. The molecule has 0 saturated heterocycles. The molecule has 0 spiro atoms. The summed E-state index contributed by atoms with van der Waals surface area (Å²) in [5.41, 5.74) is 7.12. The Kier molecular flexibility index (Phi) is 4.54. The van der Waals surface area contributed by atoms with Crippen LogP contribution in [-0.2, 0) is 0 Å². The van der Waals surface area contributed by atoms with E-state index in [4.69, 9.17) is 19.4 Å². The van der Waals surface area contributed by atoms with E-state index in [0.29, 0.717) is 11.5 Å². The highest BCUT2D eigenvalue weighted by Crippen LogP contribution is 2.42. The molecule has 200 valence electrons. The van der Waals surface area contributed by atoms with Crippen molar-refractivity contribution in [3.8, 4) is 17.2 Å². The minimum atomic E-state index is 0.605. The lowest BCUT2D eigenvalue weighted by Gasteiger charge is -2.10. The molecule has 0 fully saturated rings. The summed E-state index contributed by atoms with van der Waals surface area (Å²) in [6.45, 7) is 0. The van der Waals surface area contributed by atoms with Crippen molar-refractivity contribution < 1.29 is 4.42 Å². The first kappa shape index (κ1) is 23.0. The highest BCUT2D eigenvalue weighted by atomic mass is 32.1. The summed E-state index contributed by atoms with van der Waals surface area (Å²) in [5, 5.41) is 6.74. The van der Waals surface area contributed by atoms with Crippen molar-refractivity contribution in [2.45, 2.75) is 0 Å². The van der Waals surface area contributed by atoms with Crippen LogP contribution >= 0.6 is 11.3 Å². The van der Waals surface area contributed by atoms with Gasteiger partial charge >= 0.3 is 0 Å². The van der Waals surface area contributed by atoms with Gasteiger partial charge in [-0.25, -0.2) is 9.97 Å². The van der Waals surface area contributed by atoms with Crippen molar-refractivity contribution in [2.24, 2.45) is 0 Å². The second-order valence-corrected chi connectivity index (χ2v) is 11.9. The lowest BCUT2D eigenvalue weighted by molar-refractivity contribution is 0.666. The first-order chi connectivity index (χ1) is 21.3. The predicted molar refractivity (Wildman–Crippen MR) is 177 cm³/mol. The number of hydrogen-bond donors (Lipinski definition) is 0. The molecular formula is C37H20N4OS. The molecular weight excluding hydrogens is 549 g/mol.